The number of amides is 1. The zero-order valence-corrected chi connectivity index (χ0v) is 13.5. The summed E-state index contributed by atoms with van der Waals surface area (Å²) in [6.45, 7) is 2.28. The number of aromatic nitrogens is 2. The number of anilines is 1. The van der Waals surface area contributed by atoms with E-state index in [1.165, 1.54) is 11.3 Å². The first-order valence-electron chi connectivity index (χ1n) is 8.32. The van der Waals surface area contributed by atoms with Crippen molar-refractivity contribution in [3.63, 3.8) is 0 Å². The van der Waals surface area contributed by atoms with Crippen molar-refractivity contribution in [2.45, 2.75) is 19.4 Å². The molecule has 0 bridgehead atoms. The highest BCUT2D eigenvalue weighted by atomic mass is 16.1. The van der Waals surface area contributed by atoms with Crippen LogP contribution in [0, 0.1) is 0 Å². The quantitative estimate of drug-likeness (QED) is 0.785. The molecule has 1 N–H and O–H groups in total. The van der Waals surface area contributed by atoms with Gasteiger partial charge in [0, 0.05) is 43.5 Å². The Labute approximate surface area is 140 Å². The lowest BCUT2D eigenvalue weighted by molar-refractivity contribution is -0.121. The van der Waals surface area contributed by atoms with Crippen LogP contribution >= 0.6 is 0 Å². The summed E-state index contributed by atoms with van der Waals surface area (Å²) in [6, 6.07) is 14.4. The van der Waals surface area contributed by atoms with Crippen molar-refractivity contribution in [2.24, 2.45) is 0 Å². The van der Waals surface area contributed by atoms with Gasteiger partial charge in [-0.05, 0) is 30.2 Å². The topological polar surface area (TPSA) is 49.6 Å². The van der Waals surface area contributed by atoms with Crippen LogP contribution < -0.4 is 10.2 Å². The van der Waals surface area contributed by atoms with Crippen molar-refractivity contribution in [2.75, 3.05) is 18.0 Å². The molecule has 0 aliphatic carbocycles. The summed E-state index contributed by atoms with van der Waals surface area (Å²) < 4.78 is 1.82. The summed E-state index contributed by atoms with van der Waals surface area (Å²) in [4.78, 5) is 14.5. The van der Waals surface area contributed by atoms with E-state index in [-0.39, 0.29) is 5.91 Å². The number of rotatable bonds is 5. The molecule has 5 heteroatoms. The molecule has 3 heterocycles. The second-order valence-corrected chi connectivity index (χ2v) is 6.09. The van der Waals surface area contributed by atoms with Crippen LogP contribution in [0.25, 0.3) is 5.52 Å². The Kier molecular flexibility index (Phi) is 3.91. The first-order valence-corrected chi connectivity index (χ1v) is 8.32. The molecule has 3 aromatic rings. The van der Waals surface area contributed by atoms with Gasteiger partial charge in [-0.15, -0.1) is 0 Å². The van der Waals surface area contributed by atoms with Crippen LogP contribution in [0.2, 0.25) is 0 Å². The van der Waals surface area contributed by atoms with Crippen LogP contribution in [-0.4, -0.2) is 28.6 Å². The van der Waals surface area contributed by atoms with Crippen LogP contribution in [0.4, 0.5) is 5.69 Å². The maximum atomic E-state index is 12.2. The van der Waals surface area contributed by atoms with Crippen LogP contribution in [0.1, 0.15) is 17.5 Å². The largest absolute Gasteiger partial charge is 0.370 e. The van der Waals surface area contributed by atoms with E-state index in [2.05, 4.69) is 39.6 Å². The average molecular weight is 320 g/mol. The van der Waals surface area contributed by atoms with E-state index in [0.717, 1.165) is 30.6 Å². The Morgan fingerprint density at radius 1 is 1.17 bits per heavy atom. The fraction of sp³-hybridized carbons (Fsp3) is 0.263. The molecule has 0 fully saturated rings. The molecule has 0 spiro atoms. The summed E-state index contributed by atoms with van der Waals surface area (Å²) >= 11 is 0. The number of nitrogens with one attached hydrogen (secondary N) is 1. The van der Waals surface area contributed by atoms with E-state index >= 15 is 0 Å². The normalized spacial score (nSPS) is 13.2. The summed E-state index contributed by atoms with van der Waals surface area (Å²) in [5.74, 6) is 0.0784. The second-order valence-electron chi connectivity index (χ2n) is 6.09. The van der Waals surface area contributed by atoms with Gasteiger partial charge in [0.05, 0.1) is 11.7 Å². The maximum Gasteiger partial charge on any atom is 0.222 e. The van der Waals surface area contributed by atoms with Crippen LogP contribution in [0.3, 0.4) is 0 Å². The van der Waals surface area contributed by atoms with Gasteiger partial charge in [-0.3, -0.25) is 4.79 Å². The molecule has 1 aliphatic rings. The molecular weight excluding hydrogens is 300 g/mol. The van der Waals surface area contributed by atoms with Crippen molar-refractivity contribution in [1.29, 1.82) is 0 Å². The summed E-state index contributed by atoms with van der Waals surface area (Å²) in [6.07, 6.45) is 5.30. The highest BCUT2D eigenvalue weighted by Crippen LogP contribution is 2.27. The van der Waals surface area contributed by atoms with Crippen LogP contribution in [0.5, 0.6) is 0 Å². The van der Waals surface area contributed by atoms with Crippen molar-refractivity contribution < 1.29 is 4.79 Å². The van der Waals surface area contributed by atoms with Crippen molar-refractivity contribution in [3.8, 4) is 0 Å². The number of carbonyl (C=O) groups is 1. The number of fused-ring (bicyclic) bond motifs is 2. The molecule has 4 rings (SSSR count). The number of hydrogen-bond donors (Lipinski definition) is 1. The fourth-order valence-corrected chi connectivity index (χ4v) is 3.28. The first-order chi connectivity index (χ1) is 11.8. The van der Waals surface area contributed by atoms with Gasteiger partial charge in [0.2, 0.25) is 5.91 Å². The predicted octanol–water partition coefficient (Wildman–Crippen LogP) is 2.40. The standard InChI is InChI=1S/C19H20N4O/c24-19(9-12-22-11-8-15-5-1-2-6-17(15)22)20-13-16-14-21-23-10-4-3-7-18(16)23/h1-7,10,14H,8-9,11-13H2,(H,20,24). The third-order valence-corrected chi connectivity index (χ3v) is 4.57. The van der Waals surface area contributed by atoms with Crippen molar-refractivity contribution in [3.05, 3.63) is 66.0 Å². The van der Waals surface area contributed by atoms with E-state index in [9.17, 15) is 4.79 Å². The molecule has 0 unspecified atom stereocenters. The monoisotopic (exact) mass is 320 g/mol. The molecule has 0 atom stereocenters. The molecule has 1 amide bonds. The lowest BCUT2D eigenvalue weighted by Crippen LogP contribution is -2.29. The van der Waals surface area contributed by atoms with Gasteiger partial charge in [-0.25, -0.2) is 4.52 Å². The van der Waals surface area contributed by atoms with E-state index in [1.54, 1.807) is 0 Å². The molecular formula is C19H20N4O. The predicted molar refractivity (Wildman–Crippen MR) is 94.0 cm³/mol. The SMILES string of the molecule is O=C(CCN1CCc2ccccc21)NCc1cnn2ccccc12. The second kappa shape index (κ2) is 6.35. The molecule has 1 aliphatic heterocycles. The highest BCUT2D eigenvalue weighted by Gasteiger charge is 2.18. The summed E-state index contributed by atoms with van der Waals surface area (Å²) in [5, 5.41) is 7.29. The minimum Gasteiger partial charge on any atom is -0.370 e. The smallest absolute Gasteiger partial charge is 0.222 e. The molecule has 1 aromatic carbocycles. The Bertz CT molecular complexity index is 870. The lowest BCUT2D eigenvalue weighted by atomic mass is 10.2. The van der Waals surface area contributed by atoms with Gasteiger partial charge < -0.3 is 10.2 Å². The van der Waals surface area contributed by atoms with Gasteiger partial charge in [-0.1, -0.05) is 24.3 Å². The Morgan fingerprint density at radius 2 is 2.04 bits per heavy atom. The number of benzene rings is 1. The van der Waals surface area contributed by atoms with Gasteiger partial charge in [-0.2, -0.15) is 5.10 Å². The molecule has 2 aromatic heterocycles. The zero-order valence-electron chi connectivity index (χ0n) is 13.5. The fourth-order valence-electron chi connectivity index (χ4n) is 3.28. The highest BCUT2D eigenvalue weighted by molar-refractivity contribution is 5.77. The number of nitrogens with zero attached hydrogens (tertiary/aromatic N) is 3. The van der Waals surface area contributed by atoms with E-state index < -0.39 is 0 Å². The van der Waals surface area contributed by atoms with Crippen molar-refractivity contribution in [1.82, 2.24) is 14.9 Å². The third-order valence-electron chi connectivity index (χ3n) is 4.57. The van der Waals surface area contributed by atoms with Crippen LogP contribution in [-0.2, 0) is 17.8 Å². The molecule has 24 heavy (non-hydrogen) atoms. The zero-order chi connectivity index (χ0) is 16.4. The number of hydrogen-bond acceptors (Lipinski definition) is 3. The van der Waals surface area contributed by atoms with Gasteiger partial charge >= 0.3 is 0 Å². The third kappa shape index (κ3) is 2.85. The van der Waals surface area contributed by atoms with Crippen molar-refractivity contribution >= 4 is 17.1 Å². The summed E-state index contributed by atoms with van der Waals surface area (Å²) in [5.41, 5.74) is 4.72. The molecule has 0 saturated carbocycles. The van der Waals surface area contributed by atoms with E-state index in [4.69, 9.17) is 0 Å². The lowest BCUT2D eigenvalue weighted by Gasteiger charge is -2.18. The molecule has 122 valence electrons. The van der Waals surface area contributed by atoms with Gasteiger partial charge in [0.1, 0.15) is 0 Å². The molecule has 0 saturated heterocycles. The summed E-state index contributed by atoms with van der Waals surface area (Å²) in [7, 11) is 0. The van der Waals surface area contributed by atoms with Crippen LogP contribution in [0.15, 0.2) is 54.9 Å². The minimum absolute atomic E-state index is 0.0784. The maximum absolute atomic E-state index is 12.2. The minimum atomic E-state index is 0.0784. The van der Waals surface area contributed by atoms with E-state index in [0.29, 0.717) is 13.0 Å². The Balaban J connectivity index is 1.32. The Morgan fingerprint density at radius 3 is 3.00 bits per heavy atom. The molecule has 5 nitrogen and oxygen atoms in total. The van der Waals surface area contributed by atoms with E-state index in [1.807, 2.05) is 35.1 Å². The van der Waals surface area contributed by atoms with Gasteiger partial charge in [0.25, 0.3) is 0 Å². The average Bonchev–Trinajstić information content (AvgIpc) is 3.22. The number of pyridine rings is 1. The number of carbonyl (C=O) groups excluding carboxylic acids is 1. The molecule has 0 radical (unpaired) electrons. The first kappa shape index (κ1) is 14.8. The van der Waals surface area contributed by atoms with Gasteiger partial charge in [0.15, 0.2) is 0 Å². The Hall–Kier alpha value is -2.82. The number of para-hydroxylation sites is 1.